The number of nitrogens with zero attached hydrogens (tertiary/aromatic N) is 3. The summed E-state index contributed by atoms with van der Waals surface area (Å²) in [5, 5.41) is 9.33. The number of pyridine rings is 1. The average Bonchev–Trinajstić information content (AvgIpc) is 2.49. The standard InChI is InChI=1S/C15H25N3O/c1-2-15(13-19)18-11-9-17(10-12-18)8-6-14-5-3-4-7-16-14/h3-5,7,15,19H,2,6,8-13H2,1H3. The van der Waals surface area contributed by atoms with Crippen molar-refractivity contribution >= 4 is 0 Å². The Morgan fingerprint density at radius 3 is 2.63 bits per heavy atom. The fourth-order valence-electron chi connectivity index (χ4n) is 2.67. The van der Waals surface area contributed by atoms with E-state index < -0.39 is 0 Å². The maximum absolute atomic E-state index is 9.33. The Morgan fingerprint density at radius 1 is 1.26 bits per heavy atom. The van der Waals surface area contributed by atoms with Gasteiger partial charge in [0.15, 0.2) is 0 Å². The molecule has 0 aromatic carbocycles. The van der Waals surface area contributed by atoms with Gasteiger partial charge < -0.3 is 10.0 Å². The lowest BCUT2D eigenvalue weighted by Gasteiger charge is -2.38. The number of rotatable bonds is 6. The first-order valence-corrected chi connectivity index (χ1v) is 7.30. The van der Waals surface area contributed by atoms with Crippen molar-refractivity contribution in [1.29, 1.82) is 0 Å². The van der Waals surface area contributed by atoms with E-state index in [1.54, 1.807) is 0 Å². The van der Waals surface area contributed by atoms with Crippen LogP contribution in [-0.2, 0) is 6.42 Å². The number of aromatic nitrogens is 1. The second-order valence-corrected chi connectivity index (χ2v) is 5.19. The molecule has 0 saturated carbocycles. The molecule has 1 N–H and O–H groups in total. The maximum atomic E-state index is 9.33. The van der Waals surface area contributed by atoms with Crippen molar-refractivity contribution in [3.63, 3.8) is 0 Å². The van der Waals surface area contributed by atoms with Gasteiger partial charge in [0.25, 0.3) is 0 Å². The minimum Gasteiger partial charge on any atom is -0.395 e. The minimum absolute atomic E-state index is 0.282. The molecule has 4 heteroatoms. The third-order valence-electron chi connectivity index (χ3n) is 4.02. The number of hydrogen-bond donors (Lipinski definition) is 1. The van der Waals surface area contributed by atoms with E-state index in [-0.39, 0.29) is 6.61 Å². The second kappa shape index (κ2) is 7.58. The Bertz CT molecular complexity index is 346. The van der Waals surface area contributed by atoms with Crippen LogP contribution < -0.4 is 0 Å². The number of hydrogen-bond acceptors (Lipinski definition) is 4. The quantitative estimate of drug-likeness (QED) is 0.831. The highest BCUT2D eigenvalue weighted by atomic mass is 16.3. The summed E-state index contributed by atoms with van der Waals surface area (Å²) in [4.78, 5) is 9.27. The SMILES string of the molecule is CCC(CO)N1CCN(CCc2ccccn2)CC1. The lowest BCUT2D eigenvalue weighted by Crippen LogP contribution is -2.51. The van der Waals surface area contributed by atoms with Gasteiger partial charge in [-0.15, -0.1) is 0 Å². The average molecular weight is 263 g/mol. The molecular weight excluding hydrogens is 238 g/mol. The fraction of sp³-hybridized carbons (Fsp3) is 0.667. The summed E-state index contributed by atoms with van der Waals surface area (Å²) < 4.78 is 0. The van der Waals surface area contributed by atoms with Gasteiger partial charge in [0.05, 0.1) is 6.61 Å². The Morgan fingerprint density at radius 2 is 2.05 bits per heavy atom. The molecule has 0 spiro atoms. The lowest BCUT2D eigenvalue weighted by molar-refractivity contribution is 0.0640. The Hall–Kier alpha value is -0.970. The molecule has 2 heterocycles. The van der Waals surface area contributed by atoms with Crippen LogP contribution in [0.25, 0.3) is 0 Å². The summed E-state index contributed by atoms with van der Waals surface area (Å²) in [6.45, 7) is 7.86. The molecule has 1 aliphatic rings. The van der Waals surface area contributed by atoms with Crippen molar-refractivity contribution in [3.05, 3.63) is 30.1 Å². The monoisotopic (exact) mass is 263 g/mol. The predicted octanol–water partition coefficient (Wildman–Crippen LogP) is 1.01. The van der Waals surface area contributed by atoms with Crippen molar-refractivity contribution < 1.29 is 5.11 Å². The van der Waals surface area contributed by atoms with E-state index in [0.717, 1.165) is 45.6 Å². The summed E-state index contributed by atoms with van der Waals surface area (Å²) in [6.07, 6.45) is 3.92. The minimum atomic E-state index is 0.282. The van der Waals surface area contributed by atoms with Gasteiger partial charge in [0.1, 0.15) is 0 Å². The molecule has 0 radical (unpaired) electrons. The van der Waals surface area contributed by atoms with Gasteiger partial charge in [0, 0.05) is 57.1 Å². The molecule has 0 aliphatic carbocycles. The van der Waals surface area contributed by atoms with Crippen LogP contribution in [0.5, 0.6) is 0 Å². The topological polar surface area (TPSA) is 39.6 Å². The van der Waals surface area contributed by atoms with Crippen molar-refractivity contribution in [3.8, 4) is 0 Å². The van der Waals surface area contributed by atoms with Crippen LogP contribution >= 0.6 is 0 Å². The Kier molecular flexibility index (Phi) is 5.76. The molecule has 1 unspecified atom stereocenters. The Balaban J connectivity index is 1.72. The highest BCUT2D eigenvalue weighted by Gasteiger charge is 2.21. The Labute approximate surface area is 116 Å². The summed E-state index contributed by atoms with van der Waals surface area (Å²) >= 11 is 0. The van der Waals surface area contributed by atoms with Crippen LogP contribution in [0.2, 0.25) is 0 Å². The van der Waals surface area contributed by atoms with Crippen LogP contribution in [0.3, 0.4) is 0 Å². The van der Waals surface area contributed by atoms with E-state index in [1.807, 2.05) is 18.3 Å². The van der Waals surface area contributed by atoms with E-state index >= 15 is 0 Å². The first-order valence-electron chi connectivity index (χ1n) is 7.30. The smallest absolute Gasteiger partial charge is 0.0586 e. The predicted molar refractivity (Wildman–Crippen MR) is 77.1 cm³/mol. The normalized spacial score (nSPS) is 19.5. The van der Waals surface area contributed by atoms with Crippen molar-refractivity contribution in [2.24, 2.45) is 0 Å². The van der Waals surface area contributed by atoms with Gasteiger partial charge in [-0.3, -0.25) is 9.88 Å². The highest BCUT2D eigenvalue weighted by Crippen LogP contribution is 2.09. The highest BCUT2D eigenvalue weighted by molar-refractivity contribution is 5.03. The molecule has 1 aromatic rings. The van der Waals surface area contributed by atoms with Crippen LogP contribution in [-0.4, -0.2) is 65.3 Å². The molecule has 1 aliphatic heterocycles. The molecular formula is C15H25N3O. The van der Waals surface area contributed by atoms with Gasteiger partial charge in [-0.1, -0.05) is 13.0 Å². The summed E-state index contributed by atoms with van der Waals surface area (Å²) in [5.74, 6) is 0. The van der Waals surface area contributed by atoms with E-state index in [9.17, 15) is 5.11 Å². The number of piperazine rings is 1. The zero-order chi connectivity index (χ0) is 13.5. The van der Waals surface area contributed by atoms with Gasteiger partial charge in [-0.2, -0.15) is 0 Å². The summed E-state index contributed by atoms with van der Waals surface area (Å²) in [6, 6.07) is 6.45. The first kappa shape index (κ1) is 14.4. The molecule has 1 atom stereocenters. The molecule has 106 valence electrons. The first-order chi connectivity index (χ1) is 9.33. The molecule has 1 fully saturated rings. The maximum Gasteiger partial charge on any atom is 0.0586 e. The third-order valence-corrected chi connectivity index (χ3v) is 4.02. The van der Waals surface area contributed by atoms with E-state index in [2.05, 4.69) is 27.8 Å². The molecule has 1 aromatic heterocycles. The van der Waals surface area contributed by atoms with Gasteiger partial charge in [0.2, 0.25) is 0 Å². The second-order valence-electron chi connectivity index (χ2n) is 5.19. The third kappa shape index (κ3) is 4.27. The zero-order valence-electron chi connectivity index (χ0n) is 11.8. The number of aliphatic hydroxyl groups is 1. The summed E-state index contributed by atoms with van der Waals surface area (Å²) in [7, 11) is 0. The van der Waals surface area contributed by atoms with Crippen molar-refractivity contribution in [2.45, 2.75) is 25.8 Å². The molecule has 2 rings (SSSR count). The molecule has 0 bridgehead atoms. The number of aliphatic hydroxyl groups excluding tert-OH is 1. The zero-order valence-corrected chi connectivity index (χ0v) is 11.8. The molecule has 0 amide bonds. The molecule has 4 nitrogen and oxygen atoms in total. The van der Waals surface area contributed by atoms with Crippen LogP contribution in [0.15, 0.2) is 24.4 Å². The van der Waals surface area contributed by atoms with Gasteiger partial charge in [-0.05, 0) is 18.6 Å². The lowest BCUT2D eigenvalue weighted by atomic mass is 10.1. The molecule has 19 heavy (non-hydrogen) atoms. The van der Waals surface area contributed by atoms with Gasteiger partial charge in [-0.25, -0.2) is 0 Å². The van der Waals surface area contributed by atoms with Crippen LogP contribution in [0, 0.1) is 0 Å². The van der Waals surface area contributed by atoms with E-state index in [1.165, 1.54) is 5.69 Å². The van der Waals surface area contributed by atoms with Crippen molar-refractivity contribution in [2.75, 3.05) is 39.3 Å². The van der Waals surface area contributed by atoms with Crippen molar-refractivity contribution in [1.82, 2.24) is 14.8 Å². The van der Waals surface area contributed by atoms with Gasteiger partial charge >= 0.3 is 0 Å². The van der Waals surface area contributed by atoms with Crippen LogP contribution in [0.4, 0.5) is 0 Å². The van der Waals surface area contributed by atoms with E-state index in [4.69, 9.17) is 0 Å². The molecule has 1 saturated heterocycles. The summed E-state index contributed by atoms with van der Waals surface area (Å²) in [5.41, 5.74) is 1.17. The van der Waals surface area contributed by atoms with Crippen LogP contribution in [0.1, 0.15) is 19.0 Å². The largest absolute Gasteiger partial charge is 0.395 e. The fourth-order valence-corrected chi connectivity index (χ4v) is 2.67. The van der Waals surface area contributed by atoms with E-state index in [0.29, 0.717) is 6.04 Å².